The van der Waals surface area contributed by atoms with Gasteiger partial charge in [-0.25, -0.2) is 0 Å². The van der Waals surface area contributed by atoms with E-state index >= 15 is 0 Å². The van der Waals surface area contributed by atoms with Crippen LogP contribution in [-0.4, -0.2) is 22.8 Å². The summed E-state index contributed by atoms with van der Waals surface area (Å²) in [4.78, 5) is 0. The monoisotopic (exact) mass is 730 g/mol. The predicted octanol–water partition coefficient (Wildman–Crippen LogP) is 14.0. The minimum absolute atomic E-state index is 0. The van der Waals surface area contributed by atoms with Crippen molar-refractivity contribution in [1.29, 1.82) is 0 Å². The molecule has 0 N–H and O–H groups in total. The maximum Gasteiger partial charge on any atom is 4.00 e. The smallest absolute Gasteiger partial charge is 0.810 e. The molecule has 4 nitrogen and oxygen atoms in total. The Morgan fingerprint density at radius 1 is 0.417 bits per heavy atom. The zero-order valence-corrected chi connectivity index (χ0v) is 34.4. The van der Waals surface area contributed by atoms with Crippen LogP contribution in [0.2, 0.25) is 0 Å². The third-order valence-corrected chi connectivity index (χ3v) is 5.96. The van der Waals surface area contributed by atoms with Gasteiger partial charge in [0.05, 0.1) is 0 Å². The molecule has 0 radical (unpaired) electrons. The van der Waals surface area contributed by atoms with Crippen LogP contribution < -0.4 is 0 Å². The van der Waals surface area contributed by atoms with Crippen molar-refractivity contribution in [3.05, 3.63) is 145 Å². The molecule has 0 aromatic heterocycles. The van der Waals surface area contributed by atoms with Crippen molar-refractivity contribution in [2.75, 3.05) is 0 Å². The summed E-state index contributed by atoms with van der Waals surface area (Å²) in [6.45, 7) is 31.7. The van der Waals surface area contributed by atoms with E-state index in [9.17, 15) is 0 Å². The molecule has 0 aliphatic heterocycles. The van der Waals surface area contributed by atoms with E-state index in [4.69, 9.17) is 5.41 Å². The second-order valence-electron chi connectivity index (χ2n) is 15.4. The first-order valence-corrected chi connectivity index (χ1v) is 16.5. The molecule has 4 aromatic rings. The summed E-state index contributed by atoms with van der Waals surface area (Å²) >= 11 is 0. The molecule has 0 saturated carbocycles. The third kappa shape index (κ3) is 22.3. The van der Waals surface area contributed by atoms with E-state index < -0.39 is 0 Å². The Morgan fingerprint density at radius 2 is 0.646 bits per heavy atom. The molecule has 0 spiro atoms. The quantitative estimate of drug-likeness (QED) is 0.148. The molecule has 258 valence electrons. The van der Waals surface area contributed by atoms with E-state index in [1.165, 1.54) is 33.4 Å². The molecule has 0 bridgehead atoms. The molecule has 48 heavy (non-hydrogen) atoms. The molecular weight excluding hydrogens is 668 g/mol. The zero-order chi connectivity index (χ0) is 36.0. The summed E-state index contributed by atoms with van der Waals surface area (Å²) in [5.41, 5.74) is 11.8. The number of rotatable bonds is 4. The van der Waals surface area contributed by atoms with Gasteiger partial charge in [0.25, 0.3) is 0 Å². The summed E-state index contributed by atoms with van der Waals surface area (Å²) < 4.78 is 0. The van der Waals surface area contributed by atoms with Crippen molar-refractivity contribution in [2.45, 2.75) is 120 Å². The van der Waals surface area contributed by atoms with Gasteiger partial charge in [0.1, 0.15) is 0 Å². The van der Waals surface area contributed by atoms with Crippen LogP contribution >= 0.6 is 0 Å². The molecule has 4 aromatic carbocycles. The number of hydrogen-bond donors (Lipinski definition) is 0. The first-order valence-electron chi connectivity index (χ1n) is 16.5. The topological polar surface area (TPSA) is 64.6 Å². The van der Waals surface area contributed by atoms with Crippen LogP contribution in [0, 0.1) is 41.5 Å². The van der Waals surface area contributed by atoms with Crippen molar-refractivity contribution in [2.24, 2.45) is 0 Å². The van der Waals surface area contributed by atoms with Gasteiger partial charge in [0, 0.05) is 0 Å². The van der Waals surface area contributed by atoms with Crippen LogP contribution in [0.25, 0.3) is 21.4 Å². The van der Waals surface area contributed by atoms with Crippen LogP contribution in [0.15, 0.2) is 84.9 Å². The fourth-order valence-electron chi connectivity index (χ4n) is 4.75. The molecule has 5 heteroatoms. The number of nitrogens with zero attached hydrogens (tertiary/aromatic N) is 4. The molecule has 0 heterocycles. The van der Waals surface area contributed by atoms with Gasteiger partial charge >= 0.3 is 21.1 Å². The van der Waals surface area contributed by atoms with Crippen molar-refractivity contribution >= 4 is 23.3 Å². The van der Waals surface area contributed by atoms with Crippen LogP contribution in [0.1, 0.15) is 101 Å². The Labute approximate surface area is 308 Å². The molecule has 0 aliphatic carbocycles. The van der Waals surface area contributed by atoms with Gasteiger partial charge in [-0.15, -0.1) is 33.7 Å². The van der Waals surface area contributed by atoms with Crippen molar-refractivity contribution in [3.8, 4) is 0 Å². The Bertz CT molecular complexity index is 1310. The van der Waals surface area contributed by atoms with E-state index in [0.717, 1.165) is 28.8 Å². The Balaban J connectivity index is 0.000000618. The van der Waals surface area contributed by atoms with Crippen LogP contribution in [0.5, 0.6) is 0 Å². The fraction of sp³-hybridized carbons (Fsp3) is 0.419. The van der Waals surface area contributed by atoms with E-state index in [2.05, 4.69) is 174 Å². The normalized spacial score (nSPS) is 10.7. The predicted molar refractivity (Wildman–Crippen MR) is 211 cm³/mol. The average molecular weight is 729 g/mol. The Hall–Kier alpha value is -3.36. The summed E-state index contributed by atoms with van der Waals surface area (Å²) in [5, 5.41) is 22.3. The molecule has 0 atom stereocenters. The van der Waals surface area contributed by atoms with E-state index in [1.54, 1.807) is 0 Å². The Kier molecular flexibility index (Phi) is 18.8. The first-order chi connectivity index (χ1) is 21.5. The number of benzene rings is 4. The molecule has 0 unspecified atom stereocenters. The maximum atomic E-state index is 8.41. The largest absolute Gasteiger partial charge is 4.00 e. The van der Waals surface area contributed by atoms with E-state index in [0.29, 0.717) is 0 Å². The van der Waals surface area contributed by atoms with E-state index in [-0.39, 0.29) is 37.7 Å². The molecule has 0 saturated heterocycles. The summed E-state index contributed by atoms with van der Waals surface area (Å²) in [5.74, 6) is 0. The van der Waals surface area contributed by atoms with Gasteiger partial charge in [-0.2, -0.15) is 6.21 Å². The zero-order valence-electron chi connectivity index (χ0n) is 32.4. The fourth-order valence-corrected chi connectivity index (χ4v) is 4.75. The average Bonchev–Trinajstić information content (AvgIpc) is 2.85. The van der Waals surface area contributed by atoms with Crippen molar-refractivity contribution in [1.82, 2.24) is 0 Å². The van der Waals surface area contributed by atoms with Gasteiger partial charge in [0.15, 0.2) is 0 Å². The first kappa shape index (κ1) is 44.6. The van der Waals surface area contributed by atoms with Crippen LogP contribution in [-0.2, 0) is 21.1 Å². The standard InChI is InChI=1S/3C12H18N.C7H6N.Mo/c3*1-9-6-10(2)8-11(7-9)13-12(3,4)5;8-6-7-4-2-1-3-5-7;/h3*6-8H,1-5H3;1-6H;/q4*-1;+4. The van der Waals surface area contributed by atoms with E-state index in [1.807, 2.05) is 30.3 Å². The molecule has 0 amide bonds. The minimum atomic E-state index is 0. The summed E-state index contributed by atoms with van der Waals surface area (Å²) in [6, 6.07) is 28.6. The minimum Gasteiger partial charge on any atom is -0.810 e. The van der Waals surface area contributed by atoms with Gasteiger partial charge in [-0.05, 0) is 47.1 Å². The summed E-state index contributed by atoms with van der Waals surface area (Å²) in [7, 11) is 0. The molecular formula is C43H60MoN4. The molecule has 0 fully saturated rings. The van der Waals surface area contributed by atoms with Crippen LogP contribution in [0.3, 0.4) is 0 Å². The Morgan fingerprint density at radius 3 is 0.812 bits per heavy atom. The number of hydrogen-bond acceptors (Lipinski definition) is 0. The summed E-state index contributed by atoms with van der Waals surface area (Å²) in [6.07, 6.45) is 1.08. The van der Waals surface area contributed by atoms with Gasteiger partial charge < -0.3 is 21.4 Å². The van der Waals surface area contributed by atoms with Crippen molar-refractivity contribution < 1.29 is 21.1 Å². The van der Waals surface area contributed by atoms with Crippen molar-refractivity contribution in [3.63, 3.8) is 0 Å². The third-order valence-electron chi connectivity index (χ3n) is 5.96. The van der Waals surface area contributed by atoms with Gasteiger partial charge in [0.2, 0.25) is 0 Å². The van der Waals surface area contributed by atoms with Crippen LogP contribution in [0.4, 0.5) is 17.1 Å². The second-order valence-corrected chi connectivity index (χ2v) is 15.4. The SMILES string of the molecule is Cc1cc(C)cc([N-]C(C)(C)C)c1.Cc1cc(C)cc([N-]C(C)(C)C)c1.Cc1cc(C)cc([N-]C(C)(C)C)c1.[Mo+4].[N-]=Cc1ccccc1. The van der Waals surface area contributed by atoms with Gasteiger partial charge in [-0.1, -0.05) is 181 Å². The second kappa shape index (κ2) is 20.2. The molecule has 4 rings (SSSR count). The number of aryl methyl sites for hydroxylation is 6. The van der Waals surface area contributed by atoms with Gasteiger partial charge in [-0.3, -0.25) is 0 Å². The maximum absolute atomic E-state index is 8.41. The molecule has 0 aliphatic rings.